The first-order valence-corrected chi connectivity index (χ1v) is 11.6. The van der Waals surface area contributed by atoms with Crippen molar-refractivity contribution in [3.63, 3.8) is 0 Å². The zero-order chi connectivity index (χ0) is 24.1. The number of rotatable bonds is 6. The maximum atomic E-state index is 13.0. The normalized spacial score (nSPS) is 14.7. The van der Waals surface area contributed by atoms with Gasteiger partial charge in [0.2, 0.25) is 0 Å². The second-order valence-corrected chi connectivity index (χ2v) is 8.57. The van der Waals surface area contributed by atoms with Crippen molar-refractivity contribution in [3.05, 3.63) is 132 Å². The van der Waals surface area contributed by atoms with Crippen LogP contribution in [0, 0.1) is 0 Å². The summed E-state index contributed by atoms with van der Waals surface area (Å²) < 4.78 is 0. The van der Waals surface area contributed by atoms with Crippen LogP contribution >= 0.6 is 0 Å². The van der Waals surface area contributed by atoms with Gasteiger partial charge in [-0.2, -0.15) is 10.2 Å². The van der Waals surface area contributed by atoms with E-state index >= 15 is 0 Å². The lowest BCUT2D eigenvalue weighted by Gasteiger charge is -2.30. The van der Waals surface area contributed by atoms with Gasteiger partial charge in [-0.15, -0.1) is 0 Å². The van der Waals surface area contributed by atoms with Crippen molar-refractivity contribution in [1.82, 2.24) is 10.9 Å². The van der Waals surface area contributed by atoms with Gasteiger partial charge in [0, 0.05) is 6.42 Å². The zero-order valence-corrected chi connectivity index (χ0v) is 19.5. The van der Waals surface area contributed by atoms with E-state index in [0.29, 0.717) is 12.1 Å². The predicted molar refractivity (Wildman–Crippen MR) is 141 cm³/mol. The summed E-state index contributed by atoms with van der Waals surface area (Å²) in [6.45, 7) is 1.88. The summed E-state index contributed by atoms with van der Waals surface area (Å²) in [6.07, 6.45) is 0.424. The molecular formula is C30H26N4O. The fraction of sp³-hybridized carbons (Fsp3) is 0.100. The van der Waals surface area contributed by atoms with Crippen LogP contribution in [0.4, 0.5) is 0 Å². The average molecular weight is 459 g/mol. The summed E-state index contributed by atoms with van der Waals surface area (Å²) in [4.78, 5) is 13.0. The molecule has 0 unspecified atom stereocenters. The molecule has 35 heavy (non-hydrogen) atoms. The Bertz CT molecular complexity index is 1320. The number of carbonyl (C=O) groups is 1. The highest BCUT2D eigenvalue weighted by molar-refractivity contribution is 6.39. The van der Waals surface area contributed by atoms with Crippen molar-refractivity contribution in [3.8, 4) is 11.1 Å². The number of hydrogen-bond acceptors (Lipinski definition) is 4. The van der Waals surface area contributed by atoms with E-state index < -0.39 is 5.54 Å². The highest BCUT2D eigenvalue weighted by Gasteiger charge is 2.41. The van der Waals surface area contributed by atoms with Crippen molar-refractivity contribution in [2.75, 3.05) is 0 Å². The molecule has 4 aromatic carbocycles. The molecule has 5 heteroatoms. The quantitative estimate of drug-likeness (QED) is 0.297. The van der Waals surface area contributed by atoms with Gasteiger partial charge in [-0.25, -0.2) is 5.43 Å². The minimum Gasteiger partial charge on any atom is -0.294 e. The predicted octanol–water partition coefficient (Wildman–Crippen LogP) is 5.49. The lowest BCUT2D eigenvalue weighted by atomic mass is 9.80. The van der Waals surface area contributed by atoms with Crippen LogP contribution in [0.15, 0.2) is 125 Å². The number of benzene rings is 4. The summed E-state index contributed by atoms with van der Waals surface area (Å²) in [5.41, 5.74) is 11.8. The highest BCUT2D eigenvalue weighted by Crippen LogP contribution is 2.36. The summed E-state index contributed by atoms with van der Waals surface area (Å²) in [5, 5.41) is 8.77. The third-order valence-electron chi connectivity index (χ3n) is 6.34. The summed E-state index contributed by atoms with van der Waals surface area (Å²) in [7, 11) is 0. The van der Waals surface area contributed by atoms with Crippen LogP contribution < -0.4 is 10.9 Å². The molecule has 1 aliphatic rings. The third kappa shape index (κ3) is 4.62. The van der Waals surface area contributed by atoms with E-state index in [1.165, 1.54) is 0 Å². The van der Waals surface area contributed by atoms with Gasteiger partial charge in [0.15, 0.2) is 0 Å². The van der Waals surface area contributed by atoms with E-state index in [-0.39, 0.29) is 5.91 Å². The van der Waals surface area contributed by atoms with Crippen LogP contribution in [0.5, 0.6) is 0 Å². The van der Waals surface area contributed by atoms with Crippen LogP contribution in [0.2, 0.25) is 0 Å². The van der Waals surface area contributed by atoms with Crippen molar-refractivity contribution in [1.29, 1.82) is 0 Å². The van der Waals surface area contributed by atoms with Crippen LogP contribution in [-0.4, -0.2) is 17.3 Å². The second-order valence-electron chi connectivity index (χ2n) is 8.57. The Morgan fingerprint density at radius 1 is 0.771 bits per heavy atom. The molecule has 1 heterocycles. The lowest BCUT2D eigenvalue weighted by molar-refractivity contribution is -0.114. The van der Waals surface area contributed by atoms with Crippen molar-refractivity contribution in [2.24, 2.45) is 10.2 Å². The molecule has 1 amide bonds. The Kier molecular flexibility index (Phi) is 6.22. The molecule has 1 aliphatic heterocycles. The molecule has 5 rings (SSSR count). The van der Waals surface area contributed by atoms with Crippen molar-refractivity contribution >= 4 is 17.3 Å². The van der Waals surface area contributed by atoms with Gasteiger partial charge in [-0.1, -0.05) is 115 Å². The first-order chi connectivity index (χ1) is 17.2. The zero-order valence-electron chi connectivity index (χ0n) is 19.5. The largest absolute Gasteiger partial charge is 0.294 e. The Morgan fingerprint density at radius 3 is 1.86 bits per heavy atom. The Hall–Kier alpha value is -4.51. The molecule has 0 atom stereocenters. The molecule has 4 aromatic rings. The monoisotopic (exact) mass is 458 g/mol. The number of amides is 1. The fourth-order valence-corrected chi connectivity index (χ4v) is 4.37. The number of hydrazone groups is 2. The molecule has 0 aromatic heterocycles. The highest BCUT2D eigenvalue weighted by atomic mass is 16.2. The smallest absolute Gasteiger partial charge is 0.287 e. The van der Waals surface area contributed by atoms with Gasteiger partial charge in [-0.05, 0) is 34.7 Å². The minimum atomic E-state index is -0.596. The molecule has 0 spiro atoms. The first-order valence-electron chi connectivity index (χ1n) is 11.6. The molecule has 0 saturated heterocycles. The number of hydrogen-bond donors (Lipinski definition) is 2. The van der Waals surface area contributed by atoms with Crippen molar-refractivity contribution in [2.45, 2.75) is 18.9 Å². The number of nitrogens with zero attached hydrogens (tertiary/aromatic N) is 2. The molecule has 0 aliphatic carbocycles. The molecule has 0 radical (unpaired) electrons. The van der Waals surface area contributed by atoms with E-state index in [9.17, 15) is 4.79 Å². The second kappa shape index (κ2) is 9.77. The number of nitrogens with one attached hydrogen (secondary N) is 2. The maximum absolute atomic E-state index is 13.0. The third-order valence-corrected chi connectivity index (χ3v) is 6.34. The Balaban J connectivity index is 1.30. The number of carbonyl (C=O) groups excluding carboxylic acids is 1. The maximum Gasteiger partial charge on any atom is 0.287 e. The topological polar surface area (TPSA) is 65.8 Å². The average Bonchev–Trinajstić information content (AvgIpc) is 3.40. The van der Waals surface area contributed by atoms with E-state index in [1.54, 1.807) is 0 Å². The van der Waals surface area contributed by atoms with Gasteiger partial charge in [0.05, 0.1) is 5.71 Å². The molecule has 0 bridgehead atoms. The van der Waals surface area contributed by atoms with Gasteiger partial charge >= 0.3 is 0 Å². The van der Waals surface area contributed by atoms with Crippen LogP contribution in [-0.2, 0) is 10.3 Å². The van der Waals surface area contributed by atoms with E-state index in [1.807, 2.05) is 73.7 Å². The summed E-state index contributed by atoms with van der Waals surface area (Å²) in [6, 6.07) is 38.5. The Labute approximate surface area is 205 Å². The molecule has 0 saturated carbocycles. The lowest BCUT2D eigenvalue weighted by Crippen LogP contribution is -2.38. The minimum absolute atomic E-state index is 0.313. The molecule has 0 fully saturated rings. The van der Waals surface area contributed by atoms with E-state index in [0.717, 1.165) is 33.5 Å². The SMILES string of the molecule is C/C(=N\NC(=O)C1=NNC(c2ccccc2)(c2ccccc2)C1)c1ccc(-c2ccccc2)cc1. The van der Waals surface area contributed by atoms with Crippen LogP contribution in [0.1, 0.15) is 30.0 Å². The fourth-order valence-electron chi connectivity index (χ4n) is 4.37. The summed E-state index contributed by atoms with van der Waals surface area (Å²) >= 11 is 0. The van der Waals surface area contributed by atoms with Gasteiger partial charge in [-0.3, -0.25) is 10.2 Å². The van der Waals surface area contributed by atoms with Crippen LogP contribution in [0.3, 0.4) is 0 Å². The van der Waals surface area contributed by atoms with Gasteiger partial charge in [0.1, 0.15) is 11.3 Å². The first kappa shape index (κ1) is 22.3. The van der Waals surface area contributed by atoms with E-state index in [2.05, 4.69) is 69.6 Å². The molecular weight excluding hydrogens is 432 g/mol. The van der Waals surface area contributed by atoms with Crippen molar-refractivity contribution < 1.29 is 4.79 Å². The van der Waals surface area contributed by atoms with E-state index in [4.69, 9.17) is 0 Å². The Morgan fingerprint density at radius 2 is 1.29 bits per heavy atom. The molecule has 5 nitrogen and oxygen atoms in total. The summed E-state index contributed by atoms with van der Waals surface area (Å²) in [5.74, 6) is -0.313. The molecule has 2 N–H and O–H groups in total. The van der Waals surface area contributed by atoms with Gasteiger partial charge in [0.25, 0.3) is 5.91 Å². The van der Waals surface area contributed by atoms with Crippen LogP contribution in [0.25, 0.3) is 11.1 Å². The van der Waals surface area contributed by atoms with Gasteiger partial charge < -0.3 is 0 Å². The standard InChI is InChI=1S/C30H26N4O/c1-22(23-17-19-25(20-18-23)24-11-5-2-6-12-24)31-33-29(35)28-21-30(34-32-28,26-13-7-3-8-14-26)27-15-9-4-10-16-27/h2-20,34H,21H2,1H3,(H,33,35)/b31-22+. The molecule has 172 valence electrons.